The molecule has 0 spiro atoms. The summed E-state index contributed by atoms with van der Waals surface area (Å²) in [6.45, 7) is 2.62. The first kappa shape index (κ1) is 23.4. The van der Waals surface area contributed by atoms with E-state index in [4.69, 9.17) is 9.47 Å². The van der Waals surface area contributed by atoms with Crippen LogP contribution in [0.4, 0.5) is 4.39 Å². The van der Waals surface area contributed by atoms with Crippen LogP contribution in [-0.2, 0) is 14.3 Å². The predicted octanol–water partition coefficient (Wildman–Crippen LogP) is 6.22. The Balaban J connectivity index is 1.73. The minimum atomic E-state index is -0.578. The average molecular weight is 407 g/mol. The maximum atomic E-state index is 13.8. The number of para-hydroxylation sites is 1. The van der Waals surface area contributed by atoms with Crippen molar-refractivity contribution in [2.24, 2.45) is 11.8 Å². The van der Waals surface area contributed by atoms with Crippen molar-refractivity contribution in [1.82, 2.24) is 0 Å². The summed E-state index contributed by atoms with van der Waals surface area (Å²) in [6, 6.07) is 5.82. The molecule has 1 aromatic rings. The highest BCUT2D eigenvalue weighted by Gasteiger charge is 2.38. The number of unbranched alkanes of at least 4 members (excludes halogenated alkanes) is 7. The van der Waals surface area contributed by atoms with Crippen LogP contribution < -0.4 is 4.74 Å². The first-order chi connectivity index (χ1) is 14.1. The van der Waals surface area contributed by atoms with Crippen LogP contribution in [0.25, 0.3) is 0 Å². The summed E-state index contributed by atoms with van der Waals surface area (Å²) in [7, 11) is 0. The Bertz CT molecular complexity index is 631. The molecule has 5 heteroatoms. The summed E-state index contributed by atoms with van der Waals surface area (Å²) in [5, 5.41) is 0. The lowest BCUT2D eigenvalue weighted by molar-refractivity contribution is -0.158. The number of carbonyl (C=O) groups is 2. The standard InChI is InChI=1S/C24H35FO4/c1-2-3-4-5-6-7-8-13-18-28-23(26)19-14-9-10-15-20(19)24(27)29-22-17-12-11-16-21(22)25/h11-12,16-17,19-20H,2-10,13-15,18H2,1H3. The van der Waals surface area contributed by atoms with Crippen molar-refractivity contribution in [3.63, 3.8) is 0 Å². The number of ether oxygens (including phenoxy) is 2. The van der Waals surface area contributed by atoms with E-state index in [1.807, 2.05) is 0 Å². The number of hydrogen-bond acceptors (Lipinski definition) is 4. The molecule has 0 N–H and O–H groups in total. The molecule has 162 valence electrons. The van der Waals surface area contributed by atoms with Gasteiger partial charge in [0, 0.05) is 0 Å². The quantitative estimate of drug-likeness (QED) is 0.235. The van der Waals surface area contributed by atoms with E-state index in [0.29, 0.717) is 19.4 Å². The summed E-state index contributed by atoms with van der Waals surface area (Å²) in [5.41, 5.74) is 0. The fraction of sp³-hybridized carbons (Fsp3) is 0.667. The van der Waals surface area contributed by atoms with Gasteiger partial charge in [-0.25, -0.2) is 4.39 Å². The van der Waals surface area contributed by atoms with Crippen LogP contribution in [0.1, 0.15) is 84.0 Å². The lowest BCUT2D eigenvalue weighted by Crippen LogP contribution is -2.36. The van der Waals surface area contributed by atoms with Crippen molar-refractivity contribution < 1.29 is 23.5 Å². The molecule has 0 amide bonds. The van der Waals surface area contributed by atoms with Crippen molar-refractivity contribution in [2.75, 3.05) is 6.61 Å². The molecule has 1 aliphatic rings. The van der Waals surface area contributed by atoms with E-state index in [1.54, 1.807) is 12.1 Å². The highest BCUT2D eigenvalue weighted by molar-refractivity contribution is 5.83. The number of carbonyl (C=O) groups excluding carboxylic acids is 2. The van der Waals surface area contributed by atoms with Crippen molar-refractivity contribution in [3.8, 4) is 5.75 Å². The van der Waals surface area contributed by atoms with Crippen LogP contribution in [-0.4, -0.2) is 18.5 Å². The molecule has 1 fully saturated rings. The van der Waals surface area contributed by atoms with Crippen LogP contribution in [0.2, 0.25) is 0 Å². The van der Waals surface area contributed by atoms with Gasteiger partial charge in [-0.2, -0.15) is 0 Å². The third-order valence-corrected chi connectivity index (χ3v) is 5.66. The smallest absolute Gasteiger partial charge is 0.315 e. The molecule has 0 aliphatic heterocycles. The van der Waals surface area contributed by atoms with E-state index in [0.717, 1.165) is 25.7 Å². The molecule has 0 bridgehead atoms. The van der Waals surface area contributed by atoms with Gasteiger partial charge in [-0.15, -0.1) is 0 Å². The van der Waals surface area contributed by atoms with Crippen molar-refractivity contribution in [3.05, 3.63) is 30.1 Å². The van der Waals surface area contributed by atoms with E-state index >= 15 is 0 Å². The molecular formula is C24H35FO4. The maximum Gasteiger partial charge on any atom is 0.315 e. The fourth-order valence-corrected chi connectivity index (χ4v) is 3.92. The maximum absolute atomic E-state index is 13.8. The Kier molecular flexibility index (Phi) is 10.7. The van der Waals surface area contributed by atoms with Gasteiger partial charge in [-0.1, -0.05) is 76.8 Å². The highest BCUT2D eigenvalue weighted by Crippen LogP contribution is 2.33. The molecule has 0 heterocycles. The highest BCUT2D eigenvalue weighted by atomic mass is 19.1. The Hall–Kier alpha value is -1.91. The number of benzene rings is 1. The third-order valence-electron chi connectivity index (χ3n) is 5.66. The van der Waals surface area contributed by atoms with Gasteiger partial charge >= 0.3 is 11.9 Å². The monoisotopic (exact) mass is 406 g/mol. The van der Waals surface area contributed by atoms with E-state index < -0.39 is 23.6 Å². The SMILES string of the molecule is CCCCCCCCCCOC(=O)C1CCCCC1C(=O)Oc1ccccc1F. The number of esters is 2. The predicted molar refractivity (Wildman–Crippen MR) is 111 cm³/mol. The van der Waals surface area contributed by atoms with Crippen molar-refractivity contribution >= 4 is 11.9 Å². The second-order valence-electron chi connectivity index (χ2n) is 7.99. The first-order valence-electron chi connectivity index (χ1n) is 11.3. The zero-order valence-corrected chi connectivity index (χ0v) is 17.7. The second kappa shape index (κ2) is 13.3. The van der Waals surface area contributed by atoms with Crippen LogP contribution >= 0.6 is 0 Å². The molecule has 1 aliphatic carbocycles. The van der Waals surface area contributed by atoms with Crippen LogP contribution in [0.5, 0.6) is 5.75 Å². The molecular weight excluding hydrogens is 371 g/mol. The molecule has 0 aromatic heterocycles. The third kappa shape index (κ3) is 8.15. The van der Waals surface area contributed by atoms with Crippen molar-refractivity contribution in [2.45, 2.75) is 84.0 Å². The molecule has 2 unspecified atom stereocenters. The van der Waals surface area contributed by atoms with E-state index in [-0.39, 0.29) is 11.7 Å². The topological polar surface area (TPSA) is 52.6 Å². The second-order valence-corrected chi connectivity index (χ2v) is 7.99. The molecule has 4 nitrogen and oxygen atoms in total. The van der Waals surface area contributed by atoms with E-state index in [1.165, 1.54) is 50.7 Å². The van der Waals surface area contributed by atoms with Crippen molar-refractivity contribution in [1.29, 1.82) is 0 Å². The molecule has 0 radical (unpaired) electrons. The molecule has 2 atom stereocenters. The molecule has 29 heavy (non-hydrogen) atoms. The van der Waals surface area contributed by atoms with Gasteiger partial charge in [0.2, 0.25) is 0 Å². The zero-order valence-electron chi connectivity index (χ0n) is 17.7. The zero-order chi connectivity index (χ0) is 20.9. The van der Waals surface area contributed by atoms with E-state index in [9.17, 15) is 14.0 Å². The fourth-order valence-electron chi connectivity index (χ4n) is 3.92. The number of hydrogen-bond donors (Lipinski definition) is 0. The van der Waals surface area contributed by atoms with Gasteiger partial charge in [-0.3, -0.25) is 9.59 Å². The molecule has 2 rings (SSSR count). The minimum absolute atomic E-state index is 0.0888. The summed E-state index contributed by atoms with van der Waals surface area (Å²) in [4.78, 5) is 25.1. The largest absolute Gasteiger partial charge is 0.465 e. The normalized spacial score (nSPS) is 19.0. The van der Waals surface area contributed by atoms with Gasteiger partial charge in [0.1, 0.15) is 0 Å². The van der Waals surface area contributed by atoms with Crippen LogP contribution in [0, 0.1) is 17.7 Å². The summed E-state index contributed by atoms with van der Waals surface area (Å²) >= 11 is 0. The lowest BCUT2D eigenvalue weighted by atomic mass is 9.79. The van der Waals surface area contributed by atoms with E-state index in [2.05, 4.69) is 6.92 Å². The Morgan fingerprint density at radius 3 is 2.14 bits per heavy atom. The summed E-state index contributed by atoms with van der Waals surface area (Å²) in [6.07, 6.45) is 12.4. The summed E-state index contributed by atoms with van der Waals surface area (Å²) in [5.74, 6) is -2.57. The number of rotatable bonds is 12. The van der Waals surface area contributed by atoms with Gasteiger partial charge < -0.3 is 9.47 Å². The van der Waals surface area contributed by atoms with Gasteiger partial charge in [0.15, 0.2) is 11.6 Å². The van der Waals surface area contributed by atoms with Gasteiger partial charge in [-0.05, 0) is 31.4 Å². The Labute approximate surface area is 174 Å². The lowest BCUT2D eigenvalue weighted by Gasteiger charge is -2.28. The van der Waals surface area contributed by atoms with Crippen LogP contribution in [0.15, 0.2) is 24.3 Å². The Morgan fingerprint density at radius 2 is 1.48 bits per heavy atom. The first-order valence-corrected chi connectivity index (χ1v) is 11.3. The van der Waals surface area contributed by atoms with Gasteiger partial charge in [0.05, 0.1) is 18.4 Å². The Morgan fingerprint density at radius 1 is 0.897 bits per heavy atom. The molecule has 1 aromatic carbocycles. The number of halogens is 1. The van der Waals surface area contributed by atoms with Gasteiger partial charge in [0.25, 0.3) is 0 Å². The summed E-state index contributed by atoms with van der Waals surface area (Å²) < 4.78 is 24.5. The average Bonchev–Trinajstić information content (AvgIpc) is 2.74. The minimum Gasteiger partial charge on any atom is -0.465 e. The van der Waals surface area contributed by atoms with Crippen LogP contribution in [0.3, 0.4) is 0 Å². The molecule has 0 saturated heterocycles. The molecule has 1 saturated carbocycles.